The molecule has 212 valence electrons. The molecule has 2 aliphatic heterocycles. The summed E-state index contributed by atoms with van der Waals surface area (Å²) in [6.45, 7) is 2.71. The molecule has 0 radical (unpaired) electrons. The second-order valence-electron chi connectivity index (χ2n) is 10.1. The number of amides is 2. The smallest absolute Gasteiger partial charge is 0.254 e. The lowest BCUT2D eigenvalue weighted by Crippen LogP contribution is -2.65. The van der Waals surface area contributed by atoms with E-state index < -0.39 is 23.5 Å². The molecule has 0 aromatic heterocycles. The first-order chi connectivity index (χ1) is 19.3. The average molecular weight is 615 g/mol. The second kappa shape index (κ2) is 11.7. The third-order valence-corrected chi connectivity index (χ3v) is 8.34. The van der Waals surface area contributed by atoms with Crippen molar-refractivity contribution in [1.29, 1.82) is 0 Å². The number of nitrogens with one attached hydrogen (secondary N) is 2. The minimum atomic E-state index is -1.11. The minimum absolute atomic E-state index is 0.116. The summed E-state index contributed by atoms with van der Waals surface area (Å²) in [4.78, 5) is 29.5. The molecule has 0 saturated carbocycles. The van der Waals surface area contributed by atoms with E-state index in [1.807, 2.05) is 37.3 Å². The largest absolute Gasteiger partial charge is 0.496 e. The molecule has 2 aliphatic rings. The molecule has 8 nitrogen and oxygen atoms in total. The maximum absolute atomic E-state index is 14.6. The van der Waals surface area contributed by atoms with Gasteiger partial charge in [0.2, 0.25) is 5.91 Å². The van der Waals surface area contributed by atoms with Crippen LogP contribution in [0, 0.1) is 5.82 Å². The third kappa shape index (κ3) is 5.27. The Morgan fingerprint density at radius 1 is 1.20 bits per heavy atom. The van der Waals surface area contributed by atoms with Crippen molar-refractivity contribution in [2.75, 3.05) is 32.3 Å². The standard InChI is InChI=1S/C30H33BrFN3O5/c1-4-23(33-2)28(36)34-27-29(37)35(17-22-21-8-6-19(31)15-18(21)5-10-25(22)38-3)24-9-7-20(32)16-26(24)40-30(27)11-13-39-14-12-30/h5-10,15-16,23,27,33H,4,11-14,17H2,1-3H3,(H,34,36). The van der Waals surface area contributed by atoms with Crippen LogP contribution in [-0.2, 0) is 20.9 Å². The molecular formula is C30H33BrFN3O5. The van der Waals surface area contributed by atoms with Gasteiger partial charge in [-0.2, -0.15) is 0 Å². The van der Waals surface area contributed by atoms with Gasteiger partial charge in [-0.3, -0.25) is 9.59 Å². The van der Waals surface area contributed by atoms with Crippen molar-refractivity contribution in [2.45, 2.75) is 50.4 Å². The van der Waals surface area contributed by atoms with E-state index in [2.05, 4.69) is 26.6 Å². The van der Waals surface area contributed by atoms with E-state index in [1.54, 1.807) is 25.1 Å². The summed E-state index contributed by atoms with van der Waals surface area (Å²) >= 11 is 3.53. The SMILES string of the molecule is CCC(NC)C(=O)NC1C(=O)N(Cc2c(OC)ccc3cc(Br)ccc23)c2ccc(F)cc2OC12CCOCC2. The number of fused-ring (bicyclic) bond motifs is 2. The van der Waals surface area contributed by atoms with E-state index in [4.69, 9.17) is 14.2 Å². The molecule has 0 bridgehead atoms. The summed E-state index contributed by atoms with van der Waals surface area (Å²) in [5.41, 5.74) is 0.0961. The number of rotatable bonds is 7. The van der Waals surface area contributed by atoms with Crippen LogP contribution in [0.5, 0.6) is 11.5 Å². The molecule has 2 amide bonds. The number of carbonyl (C=O) groups is 2. The predicted molar refractivity (Wildman–Crippen MR) is 154 cm³/mol. The fourth-order valence-electron chi connectivity index (χ4n) is 5.66. The van der Waals surface area contributed by atoms with E-state index in [0.717, 1.165) is 20.8 Å². The average Bonchev–Trinajstić information content (AvgIpc) is 3.03. The van der Waals surface area contributed by atoms with Crippen LogP contribution in [0.3, 0.4) is 0 Å². The Bertz CT molecular complexity index is 1420. The van der Waals surface area contributed by atoms with Crippen molar-refractivity contribution in [3.8, 4) is 11.5 Å². The lowest BCUT2D eigenvalue weighted by molar-refractivity contribution is -0.138. The van der Waals surface area contributed by atoms with Gasteiger partial charge in [-0.15, -0.1) is 0 Å². The lowest BCUT2D eigenvalue weighted by atomic mass is 9.84. The van der Waals surface area contributed by atoms with Crippen LogP contribution in [0.4, 0.5) is 10.1 Å². The molecule has 1 saturated heterocycles. The van der Waals surface area contributed by atoms with Crippen molar-refractivity contribution < 1.29 is 28.2 Å². The first-order valence-electron chi connectivity index (χ1n) is 13.4. The van der Waals surface area contributed by atoms with Gasteiger partial charge in [-0.25, -0.2) is 4.39 Å². The number of anilines is 1. The lowest BCUT2D eigenvalue weighted by Gasteiger charge is -2.41. The molecule has 2 N–H and O–H groups in total. The second-order valence-corrected chi connectivity index (χ2v) is 11.0. The molecule has 10 heteroatoms. The Hall–Kier alpha value is -3.21. The third-order valence-electron chi connectivity index (χ3n) is 7.85. The molecule has 1 spiro atoms. The number of benzene rings is 3. The van der Waals surface area contributed by atoms with Gasteiger partial charge in [0.1, 0.15) is 29.0 Å². The van der Waals surface area contributed by atoms with E-state index in [9.17, 15) is 14.0 Å². The zero-order chi connectivity index (χ0) is 28.4. The Labute approximate surface area is 241 Å². The highest BCUT2D eigenvalue weighted by molar-refractivity contribution is 9.10. The van der Waals surface area contributed by atoms with Crippen molar-refractivity contribution in [1.82, 2.24) is 10.6 Å². The summed E-state index contributed by atoms with van der Waals surface area (Å²) in [5, 5.41) is 7.89. The van der Waals surface area contributed by atoms with Gasteiger partial charge >= 0.3 is 0 Å². The predicted octanol–water partition coefficient (Wildman–Crippen LogP) is 4.71. The van der Waals surface area contributed by atoms with Crippen LogP contribution in [0.15, 0.2) is 53.0 Å². The Morgan fingerprint density at radius 2 is 1.98 bits per heavy atom. The number of hydrogen-bond acceptors (Lipinski definition) is 6. The number of halogens is 2. The van der Waals surface area contributed by atoms with Gasteiger partial charge in [0.05, 0.1) is 38.6 Å². The number of methoxy groups -OCH3 is 1. The maximum Gasteiger partial charge on any atom is 0.254 e. The van der Waals surface area contributed by atoms with Crippen LogP contribution < -0.4 is 25.0 Å². The van der Waals surface area contributed by atoms with E-state index in [0.29, 0.717) is 43.9 Å². The Morgan fingerprint density at radius 3 is 2.67 bits per heavy atom. The monoisotopic (exact) mass is 613 g/mol. The van der Waals surface area contributed by atoms with Gasteiger partial charge in [0.15, 0.2) is 0 Å². The molecule has 2 heterocycles. The fourth-order valence-corrected chi connectivity index (χ4v) is 6.03. The number of hydrogen-bond donors (Lipinski definition) is 2. The topological polar surface area (TPSA) is 89.1 Å². The minimum Gasteiger partial charge on any atom is -0.496 e. The van der Waals surface area contributed by atoms with Crippen LogP contribution >= 0.6 is 15.9 Å². The normalized spacial score (nSPS) is 19.1. The summed E-state index contributed by atoms with van der Waals surface area (Å²) in [6.07, 6.45) is 1.25. The quantitative estimate of drug-likeness (QED) is 0.401. The zero-order valence-electron chi connectivity index (χ0n) is 22.8. The Kier molecular flexibility index (Phi) is 8.30. The van der Waals surface area contributed by atoms with E-state index >= 15 is 0 Å². The molecule has 0 aliphatic carbocycles. The zero-order valence-corrected chi connectivity index (χ0v) is 24.3. The molecule has 5 rings (SSSR count). The highest BCUT2D eigenvalue weighted by atomic mass is 79.9. The van der Waals surface area contributed by atoms with E-state index in [-0.39, 0.29) is 24.1 Å². The van der Waals surface area contributed by atoms with Crippen LogP contribution in [0.25, 0.3) is 10.8 Å². The van der Waals surface area contributed by atoms with Gasteiger partial charge in [-0.05, 0) is 54.6 Å². The summed E-state index contributed by atoms with van der Waals surface area (Å²) < 4.78 is 33.4. The molecule has 3 aromatic rings. The highest BCUT2D eigenvalue weighted by Gasteiger charge is 2.52. The maximum atomic E-state index is 14.6. The molecule has 1 fully saturated rings. The Balaban J connectivity index is 1.66. The first kappa shape index (κ1) is 28.3. The van der Waals surface area contributed by atoms with Crippen molar-refractivity contribution in [3.63, 3.8) is 0 Å². The number of nitrogens with zero attached hydrogens (tertiary/aromatic N) is 1. The molecule has 3 aromatic carbocycles. The van der Waals surface area contributed by atoms with Gasteiger partial charge in [0, 0.05) is 28.9 Å². The fraction of sp³-hybridized carbons (Fsp3) is 0.400. The number of likely N-dealkylation sites (N-methyl/N-ethyl adjacent to an activating group) is 1. The number of ether oxygens (including phenoxy) is 3. The van der Waals surface area contributed by atoms with Gasteiger partial charge in [0.25, 0.3) is 5.91 Å². The van der Waals surface area contributed by atoms with Gasteiger partial charge in [-0.1, -0.05) is 35.0 Å². The summed E-state index contributed by atoms with van der Waals surface area (Å²) in [5.74, 6) is -0.274. The first-order valence-corrected chi connectivity index (χ1v) is 14.2. The molecule has 40 heavy (non-hydrogen) atoms. The summed E-state index contributed by atoms with van der Waals surface area (Å²) in [7, 11) is 3.29. The van der Waals surface area contributed by atoms with Gasteiger partial charge < -0.3 is 29.7 Å². The molecule has 2 atom stereocenters. The molecular weight excluding hydrogens is 581 g/mol. The van der Waals surface area contributed by atoms with Crippen LogP contribution in [-0.4, -0.2) is 56.9 Å². The molecule has 2 unspecified atom stereocenters. The summed E-state index contributed by atoms with van der Waals surface area (Å²) in [6, 6.07) is 12.4. The van der Waals surface area contributed by atoms with Crippen LogP contribution in [0.2, 0.25) is 0 Å². The number of carbonyl (C=O) groups excluding carboxylic acids is 2. The van der Waals surface area contributed by atoms with Crippen molar-refractivity contribution >= 4 is 44.2 Å². The highest BCUT2D eigenvalue weighted by Crippen LogP contribution is 2.43. The van der Waals surface area contributed by atoms with Crippen molar-refractivity contribution in [3.05, 3.63) is 64.4 Å². The van der Waals surface area contributed by atoms with Crippen LogP contribution in [0.1, 0.15) is 31.7 Å². The van der Waals surface area contributed by atoms with E-state index in [1.165, 1.54) is 12.1 Å². The van der Waals surface area contributed by atoms with Crippen molar-refractivity contribution in [2.24, 2.45) is 0 Å².